The molecular formula is C22H27N3O3. The maximum absolute atomic E-state index is 12.6. The van der Waals surface area contributed by atoms with Crippen molar-refractivity contribution in [1.82, 2.24) is 5.32 Å². The predicted molar refractivity (Wildman–Crippen MR) is 110 cm³/mol. The number of nitrogens with one attached hydrogen (secondary N) is 1. The summed E-state index contributed by atoms with van der Waals surface area (Å²) in [4.78, 5) is 12.6. The molecule has 0 saturated heterocycles. The molecule has 1 aliphatic heterocycles. The first-order chi connectivity index (χ1) is 13.8. The van der Waals surface area contributed by atoms with Gasteiger partial charge in [-0.05, 0) is 24.1 Å². The molecule has 0 aromatic heterocycles. The van der Waals surface area contributed by atoms with Crippen LogP contribution in [0.4, 0.5) is 5.69 Å². The molecule has 0 aliphatic carbocycles. The minimum Gasteiger partial charge on any atom is -0.382 e. The second-order valence-electron chi connectivity index (χ2n) is 6.57. The zero-order valence-corrected chi connectivity index (χ0v) is 16.2. The van der Waals surface area contributed by atoms with Crippen molar-refractivity contribution in [2.24, 2.45) is 5.10 Å². The van der Waals surface area contributed by atoms with E-state index in [4.69, 9.17) is 9.47 Å². The monoisotopic (exact) mass is 381 g/mol. The number of ether oxygens (including phenoxy) is 2. The van der Waals surface area contributed by atoms with Crippen LogP contribution in [0.1, 0.15) is 24.4 Å². The summed E-state index contributed by atoms with van der Waals surface area (Å²) in [6, 6.07) is 20.2. The van der Waals surface area contributed by atoms with Gasteiger partial charge in [-0.25, -0.2) is 0 Å². The number of carbonyl (C=O) groups excluding carboxylic acids is 1. The van der Waals surface area contributed by atoms with Crippen LogP contribution in [0.2, 0.25) is 0 Å². The van der Waals surface area contributed by atoms with E-state index in [2.05, 4.69) is 22.6 Å². The summed E-state index contributed by atoms with van der Waals surface area (Å²) in [5.74, 6) is -0.115. The molecule has 0 fully saturated rings. The Hall–Kier alpha value is -2.70. The van der Waals surface area contributed by atoms with Crippen LogP contribution in [-0.4, -0.2) is 45.1 Å². The molecule has 6 heteroatoms. The van der Waals surface area contributed by atoms with Crippen molar-refractivity contribution in [3.05, 3.63) is 66.2 Å². The third-order valence-corrected chi connectivity index (χ3v) is 4.56. The van der Waals surface area contributed by atoms with Gasteiger partial charge in [0, 0.05) is 26.7 Å². The molecule has 0 bridgehead atoms. The van der Waals surface area contributed by atoms with Crippen LogP contribution >= 0.6 is 0 Å². The highest BCUT2D eigenvalue weighted by atomic mass is 16.5. The van der Waals surface area contributed by atoms with Crippen LogP contribution in [0.3, 0.4) is 0 Å². The molecule has 6 nitrogen and oxygen atoms in total. The number of carbonyl (C=O) groups is 1. The number of hydrogen-bond acceptors (Lipinski definition) is 5. The van der Waals surface area contributed by atoms with Gasteiger partial charge in [0.2, 0.25) is 0 Å². The first-order valence-electron chi connectivity index (χ1n) is 9.61. The summed E-state index contributed by atoms with van der Waals surface area (Å²) in [5.41, 5.74) is 2.67. The van der Waals surface area contributed by atoms with E-state index in [1.165, 1.54) is 0 Å². The molecule has 0 radical (unpaired) electrons. The molecule has 2 aromatic carbocycles. The smallest absolute Gasteiger partial charge is 0.267 e. The Bertz CT molecular complexity index is 765. The number of para-hydroxylation sites is 1. The molecule has 1 N–H and O–H groups in total. The molecule has 148 valence electrons. The molecule has 28 heavy (non-hydrogen) atoms. The first-order valence-corrected chi connectivity index (χ1v) is 9.61. The summed E-state index contributed by atoms with van der Waals surface area (Å²) >= 11 is 0. The number of amides is 1. The van der Waals surface area contributed by atoms with E-state index in [0.717, 1.165) is 17.7 Å². The van der Waals surface area contributed by atoms with Gasteiger partial charge >= 0.3 is 0 Å². The Labute approximate surface area is 166 Å². The number of hydrazone groups is 1. The van der Waals surface area contributed by atoms with Crippen molar-refractivity contribution >= 4 is 17.3 Å². The summed E-state index contributed by atoms with van der Waals surface area (Å²) in [7, 11) is 1.65. The Morgan fingerprint density at radius 3 is 2.50 bits per heavy atom. The van der Waals surface area contributed by atoms with Crippen molar-refractivity contribution in [2.45, 2.75) is 18.9 Å². The fourth-order valence-electron chi connectivity index (χ4n) is 3.12. The molecule has 3 rings (SSSR count). The molecule has 0 saturated carbocycles. The van der Waals surface area contributed by atoms with E-state index >= 15 is 0 Å². The van der Waals surface area contributed by atoms with Crippen LogP contribution in [-0.2, 0) is 14.3 Å². The lowest BCUT2D eigenvalue weighted by Crippen LogP contribution is -2.31. The molecule has 1 heterocycles. The summed E-state index contributed by atoms with van der Waals surface area (Å²) in [6.07, 6.45) is 1.34. The second kappa shape index (κ2) is 10.6. The van der Waals surface area contributed by atoms with Crippen LogP contribution in [0.5, 0.6) is 0 Å². The summed E-state index contributed by atoms with van der Waals surface area (Å²) in [6.45, 7) is 2.31. The van der Waals surface area contributed by atoms with Crippen LogP contribution in [0.15, 0.2) is 65.8 Å². The molecule has 1 amide bonds. The van der Waals surface area contributed by atoms with Gasteiger partial charge in [0.25, 0.3) is 5.91 Å². The van der Waals surface area contributed by atoms with Gasteiger partial charge < -0.3 is 14.8 Å². The minimum atomic E-state index is -0.115. The highest BCUT2D eigenvalue weighted by Gasteiger charge is 2.32. The highest BCUT2D eigenvalue weighted by Crippen LogP contribution is 2.34. The van der Waals surface area contributed by atoms with Crippen LogP contribution < -0.4 is 10.3 Å². The van der Waals surface area contributed by atoms with E-state index in [1.807, 2.05) is 53.5 Å². The summed E-state index contributed by atoms with van der Waals surface area (Å²) < 4.78 is 10.3. The van der Waals surface area contributed by atoms with Crippen molar-refractivity contribution in [3.63, 3.8) is 0 Å². The molecule has 1 aliphatic rings. The van der Waals surface area contributed by atoms with E-state index in [0.29, 0.717) is 38.5 Å². The van der Waals surface area contributed by atoms with E-state index < -0.39 is 0 Å². The van der Waals surface area contributed by atoms with Gasteiger partial charge in [0.1, 0.15) is 5.71 Å². The van der Waals surface area contributed by atoms with E-state index in [9.17, 15) is 4.79 Å². The van der Waals surface area contributed by atoms with Gasteiger partial charge in [0.05, 0.1) is 24.9 Å². The number of rotatable bonds is 10. The zero-order valence-electron chi connectivity index (χ0n) is 16.2. The van der Waals surface area contributed by atoms with E-state index in [1.54, 1.807) is 7.11 Å². The molecule has 1 atom stereocenters. The lowest BCUT2D eigenvalue weighted by atomic mass is 10.0. The average molecular weight is 381 g/mol. The Morgan fingerprint density at radius 2 is 1.79 bits per heavy atom. The lowest BCUT2D eigenvalue weighted by Gasteiger charge is -2.23. The molecular weight excluding hydrogens is 354 g/mol. The fourth-order valence-corrected chi connectivity index (χ4v) is 3.12. The van der Waals surface area contributed by atoms with Crippen molar-refractivity contribution < 1.29 is 14.3 Å². The predicted octanol–water partition coefficient (Wildman–Crippen LogP) is 3.16. The number of hydrogen-bond donors (Lipinski definition) is 1. The zero-order chi connectivity index (χ0) is 19.6. The van der Waals surface area contributed by atoms with Crippen molar-refractivity contribution in [2.75, 3.05) is 38.5 Å². The van der Waals surface area contributed by atoms with Crippen LogP contribution in [0, 0.1) is 0 Å². The van der Waals surface area contributed by atoms with Gasteiger partial charge in [0.15, 0.2) is 0 Å². The number of methoxy groups -OCH3 is 1. The minimum absolute atomic E-state index is 0.0155. The highest BCUT2D eigenvalue weighted by molar-refractivity contribution is 6.39. The second-order valence-corrected chi connectivity index (χ2v) is 6.57. The Kier molecular flexibility index (Phi) is 7.58. The third kappa shape index (κ3) is 5.41. The fraction of sp³-hybridized carbons (Fsp3) is 0.364. The maximum Gasteiger partial charge on any atom is 0.267 e. The molecule has 0 spiro atoms. The van der Waals surface area contributed by atoms with E-state index in [-0.39, 0.29) is 11.9 Å². The van der Waals surface area contributed by atoms with Crippen molar-refractivity contribution in [1.29, 1.82) is 0 Å². The van der Waals surface area contributed by atoms with Crippen molar-refractivity contribution in [3.8, 4) is 0 Å². The number of nitrogens with zero attached hydrogens (tertiary/aromatic N) is 2. The number of benzene rings is 2. The standard InChI is InChI=1S/C22H27N3O3/c1-27-15-16-28-14-8-13-23-22(26)20-17-21(18-9-4-2-5-10-18)25(24-20)19-11-6-3-7-12-19/h2-7,9-12,21H,8,13-17H2,1H3,(H,23,26). The number of anilines is 1. The SMILES string of the molecule is COCCOCCCNC(=O)C1=NN(c2ccccc2)C(c2ccccc2)C1. The van der Waals surface area contributed by atoms with Gasteiger partial charge in [-0.1, -0.05) is 48.5 Å². The Balaban J connectivity index is 1.60. The summed E-state index contributed by atoms with van der Waals surface area (Å²) in [5, 5.41) is 9.54. The maximum atomic E-state index is 12.6. The van der Waals surface area contributed by atoms with Gasteiger partial charge in [-0.2, -0.15) is 5.10 Å². The largest absolute Gasteiger partial charge is 0.382 e. The molecule has 1 unspecified atom stereocenters. The molecule has 2 aromatic rings. The van der Waals surface area contributed by atoms with Crippen LogP contribution in [0.25, 0.3) is 0 Å². The first kappa shape index (κ1) is 20.0. The quantitative estimate of drug-likeness (QED) is 0.642. The third-order valence-electron chi connectivity index (χ3n) is 4.56. The lowest BCUT2D eigenvalue weighted by molar-refractivity contribution is -0.114. The normalized spacial score (nSPS) is 16.1. The van der Waals surface area contributed by atoms with Gasteiger partial charge in [-0.15, -0.1) is 0 Å². The average Bonchev–Trinajstić information content (AvgIpc) is 3.20. The topological polar surface area (TPSA) is 63.2 Å². The Morgan fingerprint density at radius 1 is 1.07 bits per heavy atom. The van der Waals surface area contributed by atoms with Gasteiger partial charge in [-0.3, -0.25) is 9.80 Å².